The van der Waals surface area contributed by atoms with Gasteiger partial charge in [-0.2, -0.15) is 0 Å². The highest BCUT2D eigenvalue weighted by molar-refractivity contribution is 7.92. The standard InChI is InChI=1S/C18H21Cl2N3O3S/c1-22-7-9-23(10-8-22)17-11-13(3-6-18(17)26-2)21-27(24,25)14-4-5-15(19)16(20)12-14/h3-6,11-12,21H,7-10H2,1-2H3. The number of sulfonamides is 1. The zero-order valence-corrected chi connectivity index (χ0v) is 17.4. The lowest BCUT2D eigenvalue weighted by molar-refractivity contribution is 0.311. The molecule has 0 radical (unpaired) electrons. The summed E-state index contributed by atoms with van der Waals surface area (Å²) in [4.78, 5) is 4.49. The molecule has 1 fully saturated rings. The fourth-order valence-electron chi connectivity index (χ4n) is 2.91. The lowest BCUT2D eigenvalue weighted by atomic mass is 10.2. The molecule has 0 atom stereocenters. The van der Waals surface area contributed by atoms with Gasteiger partial charge in [0.15, 0.2) is 0 Å². The first-order valence-corrected chi connectivity index (χ1v) is 10.6. The largest absolute Gasteiger partial charge is 0.495 e. The summed E-state index contributed by atoms with van der Waals surface area (Å²) in [5, 5.41) is 0.491. The number of likely N-dealkylation sites (N-methyl/N-ethyl adjacent to an activating group) is 1. The van der Waals surface area contributed by atoms with Crippen LogP contribution in [0.4, 0.5) is 11.4 Å². The lowest BCUT2D eigenvalue weighted by Crippen LogP contribution is -2.44. The van der Waals surface area contributed by atoms with E-state index in [1.165, 1.54) is 18.2 Å². The second kappa shape index (κ2) is 8.14. The van der Waals surface area contributed by atoms with Gasteiger partial charge in [-0.05, 0) is 43.4 Å². The van der Waals surface area contributed by atoms with Crippen LogP contribution >= 0.6 is 23.2 Å². The van der Waals surface area contributed by atoms with Crippen LogP contribution in [-0.2, 0) is 10.0 Å². The van der Waals surface area contributed by atoms with Crippen molar-refractivity contribution in [1.29, 1.82) is 0 Å². The number of rotatable bonds is 5. The number of hydrogen-bond donors (Lipinski definition) is 1. The Labute approximate surface area is 169 Å². The van der Waals surface area contributed by atoms with Gasteiger partial charge >= 0.3 is 0 Å². The maximum atomic E-state index is 12.7. The molecule has 1 aliphatic rings. The van der Waals surface area contributed by atoms with Crippen molar-refractivity contribution < 1.29 is 13.2 Å². The van der Waals surface area contributed by atoms with Crippen molar-refractivity contribution in [3.8, 4) is 5.75 Å². The molecule has 0 spiro atoms. The highest BCUT2D eigenvalue weighted by Crippen LogP contribution is 2.33. The maximum absolute atomic E-state index is 12.7. The Bertz CT molecular complexity index is 929. The summed E-state index contributed by atoms with van der Waals surface area (Å²) < 4.78 is 33.4. The van der Waals surface area contributed by atoms with Gasteiger partial charge in [-0.25, -0.2) is 8.42 Å². The predicted octanol–water partition coefficient (Wildman–Crippen LogP) is 3.55. The molecule has 2 aromatic carbocycles. The summed E-state index contributed by atoms with van der Waals surface area (Å²) in [6.45, 7) is 3.55. The Morgan fingerprint density at radius 1 is 1.00 bits per heavy atom. The molecule has 0 saturated carbocycles. The van der Waals surface area contributed by atoms with Crippen LogP contribution in [0.5, 0.6) is 5.75 Å². The van der Waals surface area contributed by atoms with Gasteiger partial charge in [0, 0.05) is 26.2 Å². The van der Waals surface area contributed by atoms with Gasteiger partial charge in [0.05, 0.1) is 33.4 Å². The molecule has 0 bridgehead atoms. The molecule has 2 aromatic rings. The monoisotopic (exact) mass is 429 g/mol. The molecule has 27 heavy (non-hydrogen) atoms. The molecular weight excluding hydrogens is 409 g/mol. The number of ether oxygens (including phenoxy) is 1. The Morgan fingerprint density at radius 3 is 2.33 bits per heavy atom. The third-order valence-corrected chi connectivity index (χ3v) is 6.59. The number of benzene rings is 2. The van der Waals surface area contributed by atoms with Crippen LogP contribution in [0.3, 0.4) is 0 Å². The summed E-state index contributed by atoms with van der Waals surface area (Å²) in [7, 11) is -0.104. The summed E-state index contributed by atoms with van der Waals surface area (Å²) in [6, 6.07) is 9.44. The number of halogens is 2. The van der Waals surface area contributed by atoms with Crippen molar-refractivity contribution in [2.75, 3.05) is 50.0 Å². The summed E-state index contributed by atoms with van der Waals surface area (Å²) in [5.41, 5.74) is 1.32. The van der Waals surface area contributed by atoms with E-state index in [0.29, 0.717) is 16.5 Å². The summed E-state index contributed by atoms with van der Waals surface area (Å²) >= 11 is 11.8. The van der Waals surface area contributed by atoms with E-state index in [-0.39, 0.29) is 9.92 Å². The Kier molecular flexibility index (Phi) is 6.05. The van der Waals surface area contributed by atoms with Gasteiger partial charge in [0.1, 0.15) is 5.75 Å². The smallest absolute Gasteiger partial charge is 0.261 e. The van der Waals surface area contributed by atoms with E-state index in [1.54, 1.807) is 25.3 Å². The highest BCUT2D eigenvalue weighted by Gasteiger charge is 2.20. The van der Waals surface area contributed by atoms with Crippen LogP contribution in [-0.4, -0.2) is 53.7 Å². The maximum Gasteiger partial charge on any atom is 0.261 e. The normalized spacial score (nSPS) is 15.6. The minimum atomic E-state index is -3.79. The highest BCUT2D eigenvalue weighted by atomic mass is 35.5. The third kappa shape index (κ3) is 4.60. The van der Waals surface area contributed by atoms with Crippen molar-refractivity contribution in [3.63, 3.8) is 0 Å². The molecule has 146 valence electrons. The van der Waals surface area contributed by atoms with Crippen LogP contribution in [0.25, 0.3) is 0 Å². The second-order valence-electron chi connectivity index (χ2n) is 6.36. The van der Waals surface area contributed by atoms with Gasteiger partial charge in [-0.3, -0.25) is 4.72 Å². The first kappa shape index (κ1) is 20.1. The quantitative estimate of drug-likeness (QED) is 0.786. The van der Waals surface area contributed by atoms with Crippen molar-refractivity contribution in [3.05, 3.63) is 46.4 Å². The van der Waals surface area contributed by atoms with E-state index in [1.807, 2.05) is 0 Å². The molecule has 6 nitrogen and oxygen atoms in total. The molecule has 1 heterocycles. The number of hydrogen-bond acceptors (Lipinski definition) is 5. The molecule has 0 amide bonds. The first-order chi connectivity index (χ1) is 12.8. The molecule has 1 N–H and O–H groups in total. The number of methoxy groups -OCH3 is 1. The van der Waals surface area contributed by atoms with Crippen LogP contribution < -0.4 is 14.4 Å². The van der Waals surface area contributed by atoms with Gasteiger partial charge in [0.2, 0.25) is 0 Å². The van der Waals surface area contributed by atoms with E-state index in [9.17, 15) is 8.42 Å². The topological polar surface area (TPSA) is 61.9 Å². The third-order valence-electron chi connectivity index (χ3n) is 4.48. The van der Waals surface area contributed by atoms with E-state index in [0.717, 1.165) is 31.9 Å². The van der Waals surface area contributed by atoms with Crippen LogP contribution in [0.2, 0.25) is 10.0 Å². The van der Waals surface area contributed by atoms with Crippen LogP contribution in [0, 0.1) is 0 Å². The lowest BCUT2D eigenvalue weighted by Gasteiger charge is -2.35. The SMILES string of the molecule is COc1ccc(NS(=O)(=O)c2ccc(Cl)c(Cl)c2)cc1N1CCN(C)CC1. The second-order valence-corrected chi connectivity index (χ2v) is 8.86. The zero-order chi connectivity index (χ0) is 19.6. The average Bonchev–Trinajstić information content (AvgIpc) is 2.64. The van der Waals surface area contributed by atoms with Gasteiger partial charge in [-0.15, -0.1) is 0 Å². The molecular formula is C18H21Cl2N3O3S. The Morgan fingerprint density at radius 2 is 1.70 bits per heavy atom. The predicted molar refractivity (Wildman–Crippen MR) is 110 cm³/mol. The minimum Gasteiger partial charge on any atom is -0.495 e. The van der Waals surface area contributed by atoms with Crippen LogP contribution in [0.15, 0.2) is 41.3 Å². The van der Waals surface area contributed by atoms with Crippen molar-refractivity contribution in [1.82, 2.24) is 4.90 Å². The van der Waals surface area contributed by atoms with E-state index < -0.39 is 10.0 Å². The number of anilines is 2. The van der Waals surface area contributed by atoms with E-state index in [2.05, 4.69) is 21.6 Å². The van der Waals surface area contributed by atoms with E-state index >= 15 is 0 Å². The van der Waals surface area contributed by atoms with Crippen molar-refractivity contribution >= 4 is 44.6 Å². The van der Waals surface area contributed by atoms with Gasteiger partial charge in [-0.1, -0.05) is 23.2 Å². The zero-order valence-electron chi connectivity index (χ0n) is 15.1. The van der Waals surface area contributed by atoms with Gasteiger partial charge in [0.25, 0.3) is 10.0 Å². The Hall–Kier alpha value is -1.67. The molecule has 0 aromatic heterocycles. The average molecular weight is 430 g/mol. The number of nitrogens with one attached hydrogen (secondary N) is 1. The molecule has 1 saturated heterocycles. The molecule has 9 heteroatoms. The first-order valence-electron chi connectivity index (χ1n) is 8.39. The fourth-order valence-corrected chi connectivity index (χ4v) is 4.34. The van der Waals surface area contributed by atoms with Crippen molar-refractivity contribution in [2.45, 2.75) is 4.90 Å². The summed E-state index contributed by atoms with van der Waals surface area (Å²) in [6.07, 6.45) is 0. The van der Waals surface area contributed by atoms with Gasteiger partial charge < -0.3 is 14.5 Å². The fraction of sp³-hybridized carbons (Fsp3) is 0.333. The summed E-state index contributed by atoms with van der Waals surface area (Å²) in [5.74, 6) is 0.706. The van der Waals surface area contributed by atoms with E-state index in [4.69, 9.17) is 27.9 Å². The Balaban J connectivity index is 1.88. The molecule has 1 aliphatic heterocycles. The number of piperazine rings is 1. The minimum absolute atomic E-state index is 0.0499. The molecule has 0 unspecified atom stereocenters. The molecule has 3 rings (SSSR count). The van der Waals surface area contributed by atoms with Crippen molar-refractivity contribution in [2.24, 2.45) is 0 Å². The molecule has 0 aliphatic carbocycles. The van der Waals surface area contributed by atoms with Crippen LogP contribution in [0.1, 0.15) is 0 Å². The number of nitrogens with zero attached hydrogens (tertiary/aromatic N) is 2.